The molecule has 15 nitrogen and oxygen atoms in total. The van der Waals surface area contributed by atoms with Crippen molar-refractivity contribution in [1.29, 1.82) is 0 Å². The van der Waals surface area contributed by atoms with Gasteiger partial charge in [0.05, 0.1) is 54.4 Å². The molecular weight excluding hydrogens is 781 g/mol. The molecule has 0 aromatic heterocycles. The van der Waals surface area contributed by atoms with Gasteiger partial charge < -0.3 is 44.5 Å². The quantitative estimate of drug-likeness (QED) is 0.124. The molecule has 0 spiro atoms. The number of carboxylic acids is 1. The van der Waals surface area contributed by atoms with Gasteiger partial charge in [-0.1, -0.05) is 36.4 Å². The molecule has 4 aliphatic rings. The summed E-state index contributed by atoms with van der Waals surface area (Å²) >= 11 is 0. The molecule has 3 atom stereocenters. The number of hydrogen-bond acceptors (Lipinski definition) is 11. The number of amides is 2. The number of carbonyl (C=O) groups excluding carboxylic acids is 2. The van der Waals surface area contributed by atoms with Gasteiger partial charge in [-0.2, -0.15) is 8.42 Å². The lowest BCUT2D eigenvalue weighted by molar-refractivity contribution is 0.0695. The molecule has 5 aromatic rings. The number of carbonyl (C=O) groups is 3. The Morgan fingerprint density at radius 2 is 1.27 bits per heavy atom. The maximum atomic E-state index is 14.1. The maximum absolute atomic E-state index is 14.1. The molecule has 0 radical (unpaired) electrons. The van der Waals surface area contributed by atoms with Crippen LogP contribution in [0.3, 0.4) is 0 Å². The van der Waals surface area contributed by atoms with Crippen molar-refractivity contribution in [2.24, 2.45) is 0 Å². The first kappa shape index (κ1) is 37.8. The number of rotatable bonds is 10. The highest BCUT2D eigenvalue weighted by molar-refractivity contribution is 7.86. The number of anilines is 4. The van der Waals surface area contributed by atoms with Crippen LogP contribution in [-0.4, -0.2) is 74.1 Å². The predicted molar refractivity (Wildman–Crippen MR) is 217 cm³/mol. The average molecular weight is 819 g/mol. The van der Waals surface area contributed by atoms with E-state index in [4.69, 9.17) is 18.9 Å². The molecule has 9 rings (SSSR count). The monoisotopic (exact) mass is 818 g/mol. The highest BCUT2D eigenvalue weighted by Gasteiger charge is 2.47. The minimum Gasteiger partial charge on any atom is -0.493 e. The fourth-order valence-corrected chi connectivity index (χ4v) is 9.37. The minimum absolute atomic E-state index is 0.0234. The van der Waals surface area contributed by atoms with Gasteiger partial charge in [0.25, 0.3) is 21.9 Å². The predicted octanol–water partition coefficient (Wildman–Crippen LogP) is 5.77. The summed E-state index contributed by atoms with van der Waals surface area (Å²) in [5.41, 5.74) is 5.48. The van der Waals surface area contributed by atoms with E-state index in [2.05, 4.69) is 10.6 Å². The van der Waals surface area contributed by atoms with Crippen molar-refractivity contribution in [3.05, 3.63) is 130 Å². The van der Waals surface area contributed by atoms with Crippen molar-refractivity contribution in [1.82, 2.24) is 0 Å². The molecule has 4 N–H and O–H groups in total. The normalized spacial score (nSPS) is 18.7. The van der Waals surface area contributed by atoms with Crippen molar-refractivity contribution in [2.45, 2.75) is 43.5 Å². The van der Waals surface area contributed by atoms with Gasteiger partial charge in [0.1, 0.15) is 13.2 Å². The van der Waals surface area contributed by atoms with E-state index < -0.39 is 33.4 Å². The summed E-state index contributed by atoms with van der Waals surface area (Å²) < 4.78 is 59.5. The number of nitrogens with one attached hydrogen (secondary N) is 2. The lowest BCUT2D eigenvalue weighted by atomic mass is 10.1. The third kappa shape index (κ3) is 6.69. The third-order valence-corrected chi connectivity index (χ3v) is 12.2. The van der Waals surface area contributed by atoms with E-state index >= 15 is 0 Å². The largest absolute Gasteiger partial charge is 0.493 e. The Bertz CT molecular complexity index is 2690. The molecule has 4 aliphatic heterocycles. The number of para-hydroxylation sites is 2. The molecule has 59 heavy (non-hydrogen) atoms. The second-order valence-electron chi connectivity index (χ2n) is 14.7. The molecule has 5 aromatic carbocycles. The SMILES string of the molecule is COc1cc2c(cc1OCc1cc(COc3cc4c(cc3OC)C(=O)N3c5ccccc5C[C@H]3C(S(=O)(=O)O)N4)cc(C(=O)O)c1)NC[C@@H]1Cc3ccccc3N1C2=O. The second kappa shape index (κ2) is 14.6. The van der Waals surface area contributed by atoms with Crippen LogP contribution in [0.4, 0.5) is 22.7 Å². The van der Waals surface area contributed by atoms with E-state index in [9.17, 15) is 32.5 Å². The molecule has 302 valence electrons. The minimum atomic E-state index is -4.71. The van der Waals surface area contributed by atoms with Gasteiger partial charge >= 0.3 is 5.97 Å². The number of nitrogens with zero attached hydrogens (tertiary/aromatic N) is 2. The van der Waals surface area contributed by atoms with Gasteiger partial charge in [-0.3, -0.25) is 14.1 Å². The van der Waals surface area contributed by atoms with Crippen LogP contribution < -0.4 is 39.4 Å². The number of carboxylic acid groups (broad SMARTS) is 1. The van der Waals surface area contributed by atoms with Crippen LogP contribution in [0.2, 0.25) is 0 Å². The Kier molecular flexibility index (Phi) is 9.32. The zero-order valence-electron chi connectivity index (χ0n) is 31.8. The Labute approximate surface area is 338 Å². The van der Waals surface area contributed by atoms with E-state index in [0.29, 0.717) is 46.1 Å². The molecule has 0 aliphatic carbocycles. The molecule has 0 bridgehead atoms. The summed E-state index contributed by atoms with van der Waals surface area (Å²) in [5.74, 6) is -0.856. The fourth-order valence-electron chi connectivity index (χ4n) is 8.48. The zero-order valence-corrected chi connectivity index (χ0v) is 32.6. The summed E-state index contributed by atoms with van der Waals surface area (Å²) in [4.78, 5) is 43.4. The Hall–Kier alpha value is -6.78. The topological polar surface area (TPSA) is 193 Å². The Balaban J connectivity index is 0.969. The van der Waals surface area contributed by atoms with E-state index in [0.717, 1.165) is 23.2 Å². The first-order chi connectivity index (χ1) is 28.4. The summed E-state index contributed by atoms with van der Waals surface area (Å²) in [6.45, 7) is 0.306. The van der Waals surface area contributed by atoms with Gasteiger partial charge in [0.2, 0.25) is 0 Å². The molecule has 1 unspecified atom stereocenters. The van der Waals surface area contributed by atoms with Crippen molar-refractivity contribution in [3.8, 4) is 23.0 Å². The molecule has 2 amide bonds. The van der Waals surface area contributed by atoms with E-state index in [1.807, 2.05) is 35.2 Å². The summed E-state index contributed by atoms with van der Waals surface area (Å²) in [6.07, 6.45) is 0.929. The van der Waals surface area contributed by atoms with Crippen molar-refractivity contribution >= 4 is 50.7 Å². The Morgan fingerprint density at radius 3 is 1.86 bits per heavy atom. The van der Waals surface area contributed by atoms with Gasteiger partial charge in [-0.25, -0.2) is 4.79 Å². The first-order valence-corrected chi connectivity index (χ1v) is 20.3. The maximum Gasteiger partial charge on any atom is 0.335 e. The highest BCUT2D eigenvalue weighted by atomic mass is 32.2. The van der Waals surface area contributed by atoms with Crippen LogP contribution in [0.25, 0.3) is 0 Å². The smallest absolute Gasteiger partial charge is 0.335 e. The summed E-state index contributed by atoms with van der Waals surface area (Å²) in [6, 6.07) is 24.8. The van der Waals surface area contributed by atoms with Crippen molar-refractivity contribution in [2.75, 3.05) is 41.2 Å². The number of fused-ring (bicyclic) bond motifs is 8. The lowest BCUT2D eigenvalue weighted by Gasteiger charge is -2.27. The van der Waals surface area contributed by atoms with Gasteiger partial charge in [-0.15, -0.1) is 0 Å². The number of benzene rings is 5. The second-order valence-corrected chi connectivity index (χ2v) is 16.3. The van der Waals surface area contributed by atoms with Crippen LogP contribution >= 0.6 is 0 Å². The molecule has 4 heterocycles. The number of methoxy groups -OCH3 is 2. The van der Waals surface area contributed by atoms with E-state index in [1.54, 1.807) is 36.4 Å². The van der Waals surface area contributed by atoms with Crippen LogP contribution in [0.5, 0.6) is 23.0 Å². The summed E-state index contributed by atoms with van der Waals surface area (Å²) in [7, 11) is -1.84. The van der Waals surface area contributed by atoms with Gasteiger partial charge in [0.15, 0.2) is 28.4 Å². The molecule has 16 heteroatoms. The highest BCUT2D eigenvalue weighted by Crippen LogP contribution is 2.44. The Morgan fingerprint density at radius 1 is 0.729 bits per heavy atom. The molecule has 0 fully saturated rings. The van der Waals surface area contributed by atoms with Crippen LogP contribution in [0.15, 0.2) is 91.0 Å². The molecule has 0 saturated heterocycles. The van der Waals surface area contributed by atoms with Crippen molar-refractivity contribution in [3.63, 3.8) is 0 Å². The zero-order chi connectivity index (χ0) is 41.2. The lowest BCUT2D eigenvalue weighted by Crippen LogP contribution is -2.49. The third-order valence-electron chi connectivity index (χ3n) is 11.2. The fraction of sp³-hybridized carbons (Fsp3) is 0.233. The standard InChI is InChI=1S/C43H38N4O11S/c1-55-36-16-29-31(44-20-28-14-25-7-3-5-9-33(25)46(28)41(29)48)18-38(36)57-21-23-11-24(13-27(12-23)43(50)51)22-58-39-19-32-30(17-37(39)56-2)42(49)47-34-10-6-4-8-26(34)15-35(47)40(45-32)59(52,53)54/h3-13,16-19,28,35,40,44-45H,14-15,20-22H2,1-2H3,(H,50,51)(H,52,53,54)/t28-,35-,40?/m0/s1. The summed E-state index contributed by atoms with van der Waals surface area (Å²) in [5, 5.41) is 14.7. The number of ether oxygens (including phenoxy) is 4. The average Bonchev–Trinajstić information content (AvgIpc) is 3.73. The van der Waals surface area contributed by atoms with E-state index in [1.165, 1.54) is 43.4 Å². The van der Waals surface area contributed by atoms with E-state index in [-0.39, 0.29) is 59.9 Å². The van der Waals surface area contributed by atoms with Crippen LogP contribution in [-0.2, 0) is 36.2 Å². The van der Waals surface area contributed by atoms with Crippen molar-refractivity contribution < 1.29 is 51.4 Å². The number of aromatic carboxylic acids is 1. The van der Waals surface area contributed by atoms with Crippen LogP contribution in [0, 0.1) is 0 Å². The molecule has 0 saturated carbocycles. The number of hydrogen-bond donors (Lipinski definition) is 4. The first-order valence-electron chi connectivity index (χ1n) is 18.8. The molecular formula is C43H38N4O11S. The van der Waals surface area contributed by atoms with Gasteiger partial charge in [0, 0.05) is 30.1 Å². The van der Waals surface area contributed by atoms with Crippen LogP contribution in [0.1, 0.15) is 53.3 Å². The van der Waals surface area contributed by atoms with Gasteiger partial charge in [-0.05, 0) is 77.6 Å².